The zero-order valence-electron chi connectivity index (χ0n) is 13.1. The van der Waals surface area contributed by atoms with Crippen molar-refractivity contribution in [1.82, 2.24) is 9.88 Å². The SMILES string of the molecule is Cc1cc(CNCCC2CCCC(C)C2)c(C)n1C. The third kappa shape index (κ3) is 3.85. The van der Waals surface area contributed by atoms with Gasteiger partial charge < -0.3 is 9.88 Å². The van der Waals surface area contributed by atoms with E-state index in [0.29, 0.717) is 0 Å². The van der Waals surface area contributed by atoms with Gasteiger partial charge in [0.15, 0.2) is 0 Å². The lowest BCUT2D eigenvalue weighted by Crippen LogP contribution is -2.21. The normalized spacial score (nSPS) is 23.8. The minimum Gasteiger partial charge on any atom is -0.352 e. The Bertz CT molecular complexity index is 406. The highest BCUT2D eigenvalue weighted by molar-refractivity contribution is 5.26. The van der Waals surface area contributed by atoms with E-state index in [-0.39, 0.29) is 0 Å². The highest BCUT2D eigenvalue weighted by Gasteiger charge is 2.18. The maximum absolute atomic E-state index is 3.63. The van der Waals surface area contributed by atoms with Gasteiger partial charge in [-0.05, 0) is 56.7 Å². The quantitative estimate of drug-likeness (QED) is 0.795. The molecular formula is C17H30N2. The molecule has 2 nitrogen and oxygen atoms in total. The van der Waals surface area contributed by atoms with Crippen molar-refractivity contribution >= 4 is 0 Å². The van der Waals surface area contributed by atoms with Crippen molar-refractivity contribution in [2.45, 2.75) is 59.4 Å². The Balaban J connectivity index is 1.70. The average molecular weight is 262 g/mol. The fraction of sp³-hybridized carbons (Fsp3) is 0.765. The summed E-state index contributed by atoms with van der Waals surface area (Å²) in [6.45, 7) is 9.00. The van der Waals surface area contributed by atoms with Crippen LogP contribution in [0.25, 0.3) is 0 Å². The molecule has 1 fully saturated rings. The Morgan fingerprint density at radius 3 is 2.74 bits per heavy atom. The minimum atomic E-state index is 0.956. The van der Waals surface area contributed by atoms with Crippen LogP contribution in [0.5, 0.6) is 0 Å². The first kappa shape index (κ1) is 14.6. The van der Waals surface area contributed by atoms with Crippen LogP contribution in [-0.2, 0) is 13.6 Å². The smallest absolute Gasteiger partial charge is 0.0223 e. The maximum atomic E-state index is 3.63. The number of aromatic nitrogens is 1. The third-order valence-electron chi connectivity index (χ3n) is 4.97. The van der Waals surface area contributed by atoms with Gasteiger partial charge in [0.05, 0.1) is 0 Å². The van der Waals surface area contributed by atoms with Crippen LogP contribution in [0.15, 0.2) is 6.07 Å². The first-order valence-electron chi connectivity index (χ1n) is 7.90. The Morgan fingerprint density at radius 2 is 2.11 bits per heavy atom. The molecule has 2 rings (SSSR count). The van der Waals surface area contributed by atoms with Crippen molar-refractivity contribution in [3.63, 3.8) is 0 Å². The number of rotatable bonds is 5. The van der Waals surface area contributed by atoms with Gasteiger partial charge in [0.1, 0.15) is 0 Å². The molecule has 0 aromatic carbocycles. The number of hydrogen-bond acceptors (Lipinski definition) is 1. The minimum absolute atomic E-state index is 0.956. The maximum Gasteiger partial charge on any atom is 0.0223 e. The van der Waals surface area contributed by atoms with Crippen LogP contribution >= 0.6 is 0 Å². The molecule has 0 spiro atoms. The van der Waals surface area contributed by atoms with Crippen LogP contribution in [-0.4, -0.2) is 11.1 Å². The second-order valence-electron chi connectivity index (χ2n) is 6.56. The molecule has 19 heavy (non-hydrogen) atoms. The summed E-state index contributed by atoms with van der Waals surface area (Å²) in [5.41, 5.74) is 4.21. The number of nitrogens with zero attached hydrogens (tertiary/aromatic N) is 1. The molecule has 1 aliphatic rings. The summed E-state index contributed by atoms with van der Waals surface area (Å²) in [5.74, 6) is 1.92. The molecule has 108 valence electrons. The van der Waals surface area contributed by atoms with Gasteiger partial charge in [-0.1, -0.05) is 26.2 Å². The monoisotopic (exact) mass is 262 g/mol. The van der Waals surface area contributed by atoms with Gasteiger partial charge in [-0.3, -0.25) is 0 Å². The lowest BCUT2D eigenvalue weighted by atomic mass is 9.81. The van der Waals surface area contributed by atoms with Crippen LogP contribution in [0.1, 0.15) is 56.0 Å². The van der Waals surface area contributed by atoms with Crippen molar-refractivity contribution in [2.24, 2.45) is 18.9 Å². The molecule has 2 heteroatoms. The van der Waals surface area contributed by atoms with Crippen LogP contribution in [0, 0.1) is 25.7 Å². The zero-order valence-corrected chi connectivity index (χ0v) is 13.1. The molecule has 1 saturated carbocycles. The molecule has 0 saturated heterocycles. The zero-order chi connectivity index (χ0) is 13.8. The van der Waals surface area contributed by atoms with Crippen molar-refractivity contribution in [3.05, 3.63) is 23.0 Å². The fourth-order valence-electron chi connectivity index (χ4n) is 3.46. The molecule has 1 heterocycles. The van der Waals surface area contributed by atoms with E-state index in [9.17, 15) is 0 Å². The molecule has 2 unspecified atom stereocenters. The molecule has 2 atom stereocenters. The summed E-state index contributed by atoms with van der Waals surface area (Å²) in [6, 6.07) is 2.31. The highest BCUT2D eigenvalue weighted by atomic mass is 15.0. The van der Waals surface area contributed by atoms with E-state index in [1.165, 1.54) is 55.6 Å². The second kappa shape index (κ2) is 6.60. The molecule has 1 aliphatic carbocycles. The van der Waals surface area contributed by atoms with Gasteiger partial charge in [0.25, 0.3) is 0 Å². The van der Waals surface area contributed by atoms with E-state index in [0.717, 1.165) is 18.4 Å². The predicted molar refractivity (Wildman–Crippen MR) is 82.3 cm³/mol. The van der Waals surface area contributed by atoms with Crippen LogP contribution in [0.4, 0.5) is 0 Å². The largest absolute Gasteiger partial charge is 0.352 e. The lowest BCUT2D eigenvalue weighted by molar-refractivity contribution is 0.267. The molecule has 1 N–H and O–H groups in total. The Morgan fingerprint density at radius 1 is 1.32 bits per heavy atom. The number of aryl methyl sites for hydroxylation is 1. The Hall–Kier alpha value is -0.760. The van der Waals surface area contributed by atoms with Gasteiger partial charge in [-0.2, -0.15) is 0 Å². The van der Waals surface area contributed by atoms with E-state index in [2.05, 4.69) is 43.8 Å². The van der Waals surface area contributed by atoms with Crippen molar-refractivity contribution in [3.8, 4) is 0 Å². The first-order chi connectivity index (χ1) is 9.08. The third-order valence-corrected chi connectivity index (χ3v) is 4.97. The fourth-order valence-corrected chi connectivity index (χ4v) is 3.46. The molecule has 0 amide bonds. The summed E-state index contributed by atoms with van der Waals surface area (Å²) in [7, 11) is 2.15. The van der Waals surface area contributed by atoms with Gasteiger partial charge in [0, 0.05) is 25.0 Å². The van der Waals surface area contributed by atoms with Crippen LogP contribution in [0.3, 0.4) is 0 Å². The number of nitrogens with one attached hydrogen (secondary N) is 1. The van der Waals surface area contributed by atoms with Gasteiger partial charge in [-0.15, -0.1) is 0 Å². The lowest BCUT2D eigenvalue weighted by Gasteiger charge is -2.26. The molecule has 0 radical (unpaired) electrons. The van der Waals surface area contributed by atoms with Crippen molar-refractivity contribution in [1.29, 1.82) is 0 Å². The summed E-state index contributed by atoms with van der Waals surface area (Å²) in [5, 5.41) is 3.63. The van der Waals surface area contributed by atoms with Gasteiger partial charge in [-0.25, -0.2) is 0 Å². The number of hydrogen-bond donors (Lipinski definition) is 1. The van der Waals surface area contributed by atoms with Gasteiger partial charge in [0.2, 0.25) is 0 Å². The van der Waals surface area contributed by atoms with E-state index < -0.39 is 0 Å². The Labute approximate surface area is 118 Å². The van der Waals surface area contributed by atoms with E-state index >= 15 is 0 Å². The van der Waals surface area contributed by atoms with E-state index in [4.69, 9.17) is 0 Å². The topological polar surface area (TPSA) is 17.0 Å². The molecule has 1 aromatic heterocycles. The first-order valence-corrected chi connectivity index (χ1v) is 7.90. The van der Waals surface area contributed by atoms with Crippen molar-refractivity contribution < 1.29 is 0 Å². The predicted octanol–water partition coefficient (Wildman–Crippen LogP) is 3.95. The van der Waals surface area contributed by atoms with Crippen LogP contribution in [0.2, 0.25) is 0 Å². The molecule has 0 bridgehead atoms. The summed E-state index contributed by atoms with van der Waals surface area (Å²) in [6.07, 6.45) is 7.16. The van der Waals surface area contributed by atoms with Gasteiger partial charge >= 0.3 is 0 Å². The summed E-state index contributed by atoms with van der Waals surface area (Å²) < 4.78 is 2.28. The van der Waals surface area contributed by atoms with Crippen LogP contribution < -0.4 is 5.32 Å². The summed E-state index contributed by atoms with van der Waals surface area (Å²) >= 11 is 0. The molecule has 0 aliphatic heterocycles. The second-order valence-corrected chi connectivity index (χ2v) is 6.56. The average Bonchev–Trinajstić information content (AvgIpc) is 2.62. The Kier molecular flexibility index (Phi) is 5.09. The van der Waals surface area contributed by atoms with E-state index in [1.54, 1.807) is 0 Å². The standard InChI is InChI=1S/C17H30N2/c1-13-6-5-7-16(10-13)8-9-18-12-17-11-14(2)19(4)15(17)3/h11,13,16,18H,5-10,12H2,1-4H3. The molecule has 1 aromatic rings. The van der Waals surface area contributed by atoms with E-state index in [1.807, 2.05) is 0 Å². The highest BCUT2D eigenvalue weighted by Crippen LogP contribution is 2.30. The van der Waals surface area contributed by atoms with Crippen molar-refractivity contribution in [2.75, 3.05) is 6.54 Å². The molecular weight excluding hydrogens is 232 g/mol. The summed E-state index contributed by atoms with van der Waals surface area (Å²) in [4.78, 5) is 0.